The van der Waals surface area contributed by atoms with E-state index in [0.29, 0.717) is 0 Å². The highest BCUT2D eigenvalue weighted by Crippen LogP contribution is 2.08. The predicted molar refractivity (Wildman–Crippen MR) is 47.4 cm³/mol. The number of aliphatic imine (C=N–C) groups is 1. The Kier molecular flexibility index (Phi) is 4.55. The molecular weight excluding hydrogens is 122 g/mol. The van der Waals surface area contributed by atoms with Gasteiger partial charge in [0.15, 0.2) is 0 Å². The molecule has 0 aromatic rings. The van der Waals surface area contributed by atoms with E-state index in [1.165, 1.54) is 5.57 Å². The molecule has 0 unspecified atom stereocenters. The lowest BCUT2D eigenvalue weighted by Gasteiger charge is -1.97. The first-order valence-corrected chi connectivity index (χ1v) is 3.57. The Balaban J connectivity index is 4.44. The Morgan fingerprint density at radius 2 is 2.20 bits per heavy atom. The molecule has 0 atom stereocenters. The molecule has 1 nitrogen and oxygen atoms in total. The Labute approximate surface area is 63.2 Å². The molecule has 0 saturated heterocycles. The quantitative estimate of drug-likeness (QED) is 0.419. The molecular formula is C9H15N. The van der Waals surface area contributed by atoms with Gasteiger partial charge in [-0.2, -0.15) is 0 Å². The predicted octanol–water partition coefficient (Wildman–Crippen LogP) is 2.95. The van der Waals surface area contributed by atoms with E-state index < -0.39 is 0 Å². The van der Waals surface area contributed by atoms with Crippen molar-refractivity contribution in [3.63, 3.8) is 0 Å². The molecule has 0 aliphatic heterocycles. The van der Waals surface area contributed by atoms with Crippen LogP contribution in [0.3, 0.4) is 0 Å². The molecule has 0 N–H and O–H groups in total. The van der Waals surface area contributed by atoms with E-state index in [1.807, 2.05) is 6.92 Å². The third kappa shape index (κ3) is 2.62. The summed E-state index contributed by atoms with van der Waals surface area (Å²) in [6, 6.07) is 0. The third-order valence-corrected chi connectivity index (χ3v) is 1.43. The first-order valence-electron chi connectivity index (χ1n) is 3.57. The van der Waals surface area contributed by atoms with Crippen molar-refractivity contribution in [2.75, 3.05) is 0 Å². The van der Waals surface area contributed by atoms with Gasteiger partial charge in [-0.3, -0.25) is 4.99 Å². The highest BCUT2D eigenvalue weighted by Gasteiger charge is 1.90. The number of allylic oxidation sites excluding steroid dienone is 2. The summed E-state index contributed by atoms with van der Waals surface area (Å²) in [5.41, 5.74) is 2.29. The van der Waals surface area contributed by atoms with Gasteiger partial charge in [-0.05, 0) is 31.9 Å². The third-order valence-electron chi connectivity index (χ3n) is 1.43. The van der Waals surface area contributed by atoms with Crippen LogP contribution in [-0.4, -0.2) is 6.21 Å². The van der Waals surface area contributed by atoms with E-state index in [2.05, 4.69) is 25.4 Å². The zero-order valence-electron chi connectivity index (χ0n) is 7.02. The van der Waals surface area contributed by atoms with Crippen molar-refractivity contribution in [3.8, 4) is 0 Å². The molecule has 0 aromatic carbocycles. The lowest BCUT2D eigenvalue weighted by atomic mass is 10.2. The van der Waals surface area contributed by atoms with E-state index in [4.69, 9.17) is 0 Å². The number of nitrogens with zero attached hydrogens (tertiary/aromatic N) is 1. The lowest BCUT2D eigenvalue weighted by molar-refractivity contribution is 1.06. The monoisotopic (exact) mass is 137 g/mol. The highest BCUT2D eigenvalue weighted by molar-refractivity contribution is 5.56. The molecule has 0 bridgehead atoms. The summed E-state index contributed by atoms with van der Waals surface area (Å²) < 4.78 is 0. The summed E-state index contributed by atoms with van der Waals surface area (Å²) in [7, 11) is 0. The fourth-order valence-electron chi connectivity index (χ4n) is 0.657. The molecule has 1 heteroatoms. The van der Waals surface area contributed by atoms with Crippen LogP contribution in [0, 0.1) is 0 Å². The molecule has 0 aliphatic carbocycles. The summed E-state index contributed by atoms with van der Waals surface area (Å²) in [6.45, 7) is 9.77. The number of hydrogen-bond donors (Lipinski definition) is 0. The minimum atomic E-state index is 1.00. The zero-order chi connectivity index (χ0) is 7.98. The van der Waals surface area contributed by atoms with Crippen molar-refractivity contribution in [1.29, 1.82) is 0 Å². The maximum absolute atomic E-state index is 4.15. The van der Waals surface area contributed by atoms with Crippen LogP contribution in [0.2, 0.25) is 0 Å². The van der Waals surface area contributed by atoms with Crippen molar-refractivity contribution in [1.82, 2.24) is 0 Å². The normalized spacial score (nSPS) is 13.5. The summed E-state index contributed by atoms with van der Waals surface area (Å²) in [6.07, 6.45) is 4.62. The Morgan fingerprint density at radius 1 is 1.60 bits per heavy atom. The average Bonchev–Trinajstić information content (AvgIpc) is 1.99. The maximum Gasteiger partial charge on any atom is 0.0608 e. The molecule has 0 rings (SSSR count). The zero-order valence-corrected chi connectivity index (χ0v) is 7.02. The van der Waals surface area contributed by atoms with Crippen LogP contribution in [-0.2, 0) is 0 Å². The Morgan fingerprint density at radius 3 is 2.50 bits per heavy atom. The molecule has 56 valence electrons. The van der Waals surface area contributed by atoms with Crippen LogP contribution in [0.25, 0.3) is 0 Å². The van der Waals surface area contributed by atoms with E-state index >= 15 is 0 Å². The van der Waals surface area contributed by atoms with E-state index in [0.717, 1.165) is 12.1 Å². The van der Waals surface area contributed by atoms with Gasteiger partial charge in [0.25, 0.3) is 0 Å². The number of rotatable bonds is 3. The molecule has 0 radical (unpaired) electrons. The van der Waals surface area contributed by atoms with E-state index in [-0.39, 0.29) is 0 Å². The molecule has 0 spiro atoms. The van der Waals surface area contributed by atoms with Gasteiger partial charge >= 0.3 is 0 Å². The topological polar surface area (TPSA) is 12.4 Å². The summed E-state index contributed by atoms with van der Waals surface area (Å²) >= 11 is 0. The van der Waals surface area contributed by atoms with E-state index in [9.17, 15) is 0 Å². The van der Waals surface area contributed by atoms with Crippen molar-refractivity contribution in [2.45, 2.75) is 27.2 Å². The smallest absolute Gasteiger partial charge is 0.0608 e. The fourth-order valence-corrected chi connectivity index (χ4v) is 0.657. The van der Waals surface area contributed by atoms with Crippen molar-refractivity contribution < 1.29 is 0 Å². The molecule has 10 heavy (non-hydrogen) atoms. The average molecular weight is 137 g/mol. The molecule has 0 aromatic heterocycles. The molecule has 0 aliphatic rings. The molecule has 0 saturated carbocycles. The van der Waals surface area contributed by atoms with E-state index in [1.54, 1.807) is 12.3 Å². The molecule has 0 fully saturated rings. The van der Waals surface area contributed by atoms with Crippen molar-refractivity contribution in [2.24, 2.45) is 4.99 Å². The van der Waals surface area contributed by atoms with Gasteiger partial charge in [0.05, 0.1) is 5.70 Å². The first-order chi connectivity index (χ1) is 4.76. The first kappa shape index (κ1) is 9.15. The van der Waals surface area contributed by atoms with Crippen molar-refractivity contribution in [3.05, 3.63) is 23.9 Å². The maximum atomic E-state index is 4.15. The van der Waals surface area contributed by atoms with Crippen LogP contribution in [0.5, 0.6) is 0 Å². The summed E-state index contributed by atoms with van der Waals surface area (Å²) in [5.74, 6) is 0. The van der Waals surface area contributed by atoms with Gasteiger partial charge in [-0.1, -0.05) is 13.5 Å². The standard InChI is InChI=1S/C9H15N/c1-5-8(4)9(6-2)10-7-3/h6-7H,2,5H2,1,3-4H3/b9-8+,10-7?. The van der Waals surface area contributed by atoms with Gasteiger partial charge in [-0.25, -0.2) is 0 Å². The SMILES string of the molecule is C=C/C(N=CC)=C(/C)CC. The van der Waals surface area contributed by atoms with Crippen LogP contribution in [0.15, 0.2) is 28.9 Å². The second-order valence-electron chi connectivity index (χ2n) is 2.11. The van der Waals surface area contributed by atoms with Crippen molar-refractivity contribution >= 4 is 6.21 Å². The van der Waals surface area contributed by atoms with Gasteiger partial charge in [-0.15, -0.1) is 0 Å². The van der Waals surface area contributed by atoms with Gasteiger partial charge in [0.2, 0.25) is 0 Å². The van der Waals surface area contributed by atoms with Gasteiger partial charge < -0.3 is 0 Å². The number of hydrogen-bond acceptors (Lipinski definition) is 1. The molecule has 0 heterocycles. The van der Waals surface area contributed by atoms with Gasteiger partial charge in [0.1, 0.15) is 0 Å². The fraction of sp³-hybridized carbons (Fsp3) is 0.444. The Hall–Kier alpha value is -0.850. The minimum absolute atomic E-state index is 1.00. The van der Waals surface area contributed by atoms with Gasteiger partial charge in [0, 0.05) is 6.21 Å². The van der Waals surface area contributed by atoms with Crippen LogP contribution in [0.4, 0.5) is 0 Å². The largest absolute Gasteiger partial charge is 0.262 e. The molecule has 0 amide bonds. The second-order valence-corrected chi connectivity index (χ2v) is 2.11. The lowest BCUT2D eigenvalue weighted by Crippen LogP contribution is -1.79. The van der Waals surface area contributed by atoms with Crippen LogP contribution < -0.4 is 0 Å². The summed E-state index contributed by atoms with van der Waals surface area (Å²) in [4.78, 5) is 4.15. The van der Waals surface area contributed by atoms with Crippen LogP contribution >= 0.6 is 0 Å². The minimum Gasteiger partial charge on any atom is -0.262 e. The highest BCUT2D eigenvalue weighted by atomic mass is 14.7. The Bertz CT molecular complexity index is 164. The second kappa shape index (κ2) is 4.98. The van der Waals surface area contributed by atoms with Crippen LogP contribution in [0.1, 0.15) is 27.2 Å². The summed E-state index contributed by atoms with van der Waals surface area (Å²) in [5, 5.41) is 0.